The van der Waals surface area contributed by atoms with Gasteiger partial charge >= 0.3 is 0 Å². The smallest absolute Gasteiger partial charge is 0.0402 e. The standard InChI is InChI=1S/C17H26N2/c1-13-6-7-17(15(12-13)8-10-18)19-11-9-14-4-2-3-5-16(14)19/h6-7,12,14,16H,2-5,8-11,18H2,1H3. The second-order valence-electron chi connectivity index (χ2n) is 6.26. The van der Waals surface area contributed by atoms with E-state index in [1.54, 1.807) is 0 Å². The lowest BCUT2D eigenvalue weighted by Crippen LogP contribution is -2.35. The van der Waals surface area contributed by atoms with Gasteiger partial charge in [0.15, 0.2) is 0 Å². The first-order valence-corrected chi connectivity index (χ1v) is 7.86. The molecule has 2 nitrogen and oxygen atoms in total. The number of anilines is 1. The van der Waals surface area contributed by atoms with Gasteiger partial charge in [-0.25, -0.2) is 0 Å². The van der Waals surface area contributed by atoms with Crippen molar-refractivity contribution in [3.63, 3.8) is 0 Å². The van der Waals surface area contributed by atoms with Crippen molar-refractivity contribution >= 4 is 5.69 Å². The molecule has 0 spiro atoms. The van der Waals surface area contributed by atoms with Gasteiger partial charge in [-0.15, -0.1) is 0 Å². The van der Waals surface area contributed by atoms with E-state index in [1.165, 1.54) is 55.5 Å². The molecule has 0 aromatic heterocycles. The van der Waals surface area contributed by atoms with E-state index in [1.807, 2.05) is 0 Å². The van der Waals surface area contributed by atoms with Crippen LogP contribution in [0.1, 0.15) is 43.2 Å². The third kappa shape index (κ3) is 2.51. The summed E-state index contributed by atoms with van der Waals surface area (Å²) in [7, 11) is 0. The van der Waals surface area contributed by atoms with Crippen LogP contribution in [0.25, 0.3) is 0 Å². The SMILES string of the molecule is Cc1ccc(N2CCC3CCCCC32)c(CCN)c1. The van der Waals surface area contributed by atoms with Gasteiger partial charge in [-0.2, -0.15) is 0 Å². The molecule has 2 heteroatoms. The first-order valence-electron chi connectivity index (χ1n) is 7.86. The molecule has 1 aromatic rings. The van der Waals surface area contributed by atoms with Gasteiger partial charge in [0, 0.05) is 18.3 Å². The molecular weight excluding hydrogens is 232 g/mol. The zero-order valence-corrected chi connectivity index (χ0v) is 12.1. The van der Waals surface area contributed by atoms with Gasteiger partial charge in [0.25, 0.3) is 0 Å². The third-order valence-corrected chi connectivity index (χ3v) is 4.97. The van der Waals surface area contributed by atoms with Crippen molar-refractivity contribution in [2.45, 2.75) is 51.5 Å². The number of hydrogen-bond donors (Lipinski definition) is 1. The van der Waals surface area contributed by atoms with Crippen molar-refractivity contribution in [3.05, 3.63) is 29.3 Å². The third-order valence-electron chi connectivity index (χ3n) is 4.97. The highest BCUT2D eigenvalue weighted by Crippen LogP contribution is 2.40. The average molecular weight is 258 g/mol. The summed E-state index contributed by atoms with van der Waals surface area (Å²) in [5.41, 5.74) is 10.1. The average Bonchev–Trinajstić information content (AvgIpc) is 2.83. The van der Waals surface area contributed by atoms with Crippen molar-refractivity contribution in [1.82, 2.24) is 0 Å². The number of fused-ring (bicyclic) bond motifs is 1. The summed E-state index contributed by atoms with van der Waals surface area (Å²) in [6.07, 6.45) is 8.08. The molecule has 0 amide bonds. The molecule has 19 heavy (non-hydrogen) atoms. The van der Waals surface area contributed by atoms with Crippen LogP contribution in [-0.4, -0.2) is 19.1 Å². The minimum atomic E-state index is 0.748. The van der Waals surface area contributed by atoms with Gasteiger partial charge in [-0.3, -0.25) is 0 Å². The number of hydrogen-bond acceptors (Lipinski definition) is 2. The molecule has 1 aliphatic heterocycles. The molecule has 1 aliphatic carbocycles. The van der Waals surface area contributed by atoms with Crippen LogP contribution in [0.15, 0.2) is 18.2 Å². The zero-order valence-electron chi connectivity index (χ0n) is 12.1. The van der Waals surface area contributed by atoms with E-state index in [-0.39, 0.29) is 0 Å². The molecule has 104 valence electrons. The molecule has 1 aromatic carbocycles. The van der Waals surface area contributed by atoms with E-state index >= 15 is 0 Å². The van der Waals surface area contributed by atoms with Crippen molar-refractivity contribution in [2.24, 2.45) is 11.7 Å². The molecular formula is C17H26N2. The molecule has 0 radical (unpaired) electrons. The van der Waals surface area contributed by atoms with Crippen LogP contribution >= 0.6 is 0 Å². The quantitative estimate of drug-likeness (QED) is 0.901. The van der Waals surface area contributed by atoms with Gasteiger partial charge in [0.2, 0.25) is 0 Å². The van der Waals surface area contributed by atoms with Crippen LogP contribution in [0.3, 0.4) is 0 Å². The Morgan fingerprint density at radius 3 is 2.89 bits per heavy atom. The summed E-state index contributed by atoms with van der Waals surface area (Å²) >= 11 is 0. The van der Waals surface area contributed by atoms with Crippen LogP contribution in [0, 0.1) is 12.8 Å². The lowest BCUT2D eigenvalue weighted by Gasteiger charge is -2.34. The van der Waals surface area contributed by atoms with Crippen LogP contribution < -0.4 is 10.6 Å². The summed E-state index contributed by atoms with van der Waals surface area (Å²) in [5.74, 6) is 0.945. The summed E-state index contributed by atoms with van der Waals surface area (Å²) in [6, 6.07) is 7.72. The van der Waals surface area contributed by atoms with Gasteiger partial charge in [0.05, 0.1) is 0 Å². The molecule has 3 rings (SSSR count). The zero-order chi connectivity index (χ0) is 13.2. The molecule has 1 saturated carbocycles. The summed E-state index contributed by atoms with van der Waals surface area (Å²) in [4.78, 5) is 2.69. The fraction of sp³-hybridized carbons (Fsp3) is 0.647. The Kier molecular flexibility index (Phi) is 3.79. The Balaban J connectivity index is 1.89. The largest absolute Gasteiger partial charge is 0.368 e. The van der Waals surface area contributed by atoms with Crippen molar-refractivity contribution in [2.75, 3.05) is 18.0 Å². The van der Waals surface area contributed by atoms with E-state index in [4.69, 9.17) is 5.73 Å². The second kappa shape index (κ2) is 5.54. The molecule has 2 unspecified atom stereocenters. The maximum absolute atomic E-state index is 5.79. The fourth-order valence-electron chi connectivity index (χ4n) is 4.06. The Morgan fingerprint density at radius 2 is 2.05 bits per heavy atom. The Morgan fingerprint density at radius 1 is 1.21 bits per heavy atom. The minimum Gasteiger partial charge on any atom is -0.368 e. The topological polar surface area (TPSA) is 29.3 Å². The Labute approximate surface area is 117 Å². The lowest BCUT2D eigenvalue weighted by molar-refractivity contribution is 0.342. The molecule has 1 saturated heterocycles. The Hall–Kier alpha value is -1.02. The van der Waals surface area contributed by atoms with Crippen molar-refractivity contribution < 1.29 is 0 Å². The van der Waals surface area contributed by atoms with Gasteiger partial charge in [0.1, 0.15) is 0 Å². The number of rotatable bonds is 3. The maximum atomic E-state index is 5.79. The van der Waals surface area contributed by atoms with Gasteiger partial charge in [-0.05, 0) is 56.7 Å². The van der Waals surface area contributed by atoms with E-state index in [0.29, 0.717) is 0 Å². The first-order chi connectivity index (χ1) is 9.29. The highest BCUT2D eigenvalue weighted by atomic mass is 15.2. The molecule has 2 fully saturated rings. The highest BCUT2D eigenvalue weighted by molar-refractivity contribution is 5.57. The second-order valence-corrected chi connectivity index (χ2v) is 6.26. The van der Waals surface area contributed by atoms with Crippen LogP contribution in [0.5, 0.6) is 0 Å². The van der Waals surface area contributed by atoms with Crippen molar-refractivity contribution in [3.8, 4) is 0 Å². The minimum absolute atomic E-state index is 0.748. The van der Waals surface area contributed by atoms with Crippen LogP contribution in [0.4, 0.5) is 5.69 Å². The van der Waals surface area contributed by atoms with Gasteiger partial charge in [-0.1, -0.05) is 30.5 Å². The predicted molar refractivity (Wildman–Crippen MR) is 81.6 cm³/mol. The normalized spacial score (nSPS) is 26.5. The van der Waals surface area contributed by atoms with E-state index in [9.17, 15) is 0 Å². The Bertz CT molecular complexity index is 441. The lowest BCUT2D eigenvalue weighted by atomic mass is 9.85. The van der Waals surface area contributed by atoms with Crippen LogP contribution in [-0.2, 0) is 6.42 Å². The predicted octanol–water partition coefficient (Wildman–Crippen LogP) is 3.27. The van der Waals surface area contributed by atoms with E-state index < -0.39 is 0 Å². The van der Waals surface area contributed by atoms with E-state index in [0.717, 1.165) is 24.9 Å². The van der Waals surface area contributed by atoms with E-state index in [2.05, 4.69) is 30.0 Å². The van der Waals surface area contributed by atoms with Crippen LogP contribution in [0.2, 0.25) is 0 Å². The highest BCUT2D eigenvalue weighted by Gasteiger charge is 2.36. The molecule has 0 bridgehead atoms. The summed E-state index contributed by atoms with van der Waals surface area (Å²) in [5, 5.41) is 0. The monoisotopic (exact) mass is 258 g/mol. The maximum Gasteiger partial charge on any atom is 0.0402 e. The summed E-state index contributed by atoms with van der Waals surface area (Å²) < 4.78 is 0. The molecule has 1 heterocycles. The number of aryl methyl sites for hydroxylation is 1. The molecule has 2 aliphatic rings. The fourth-order valence-corrected chi connectivity index (χ4v) is 4.06. The molecule has 2 atom stereocenters. The number of benzene rings is 1. The van der Waals surface area contributed by atoms with Gasteiger partial charge < -0.3 is 10.6 Å². The first kappa shape index (κ1) is 13.0. The number of nitrogens with zero attached hydrogens (tertiary/aromatic N) is 1. The molecule has 2 N–H and O–H groups in total. The summed E-state index contributed by atoms with van der Waals surface area (Å²) in [6.45, 7) is 4.17. The number of nitrogens with two attached hydrogens (primary N) is 1. The van der Waals surface area contributed by atoms with Crippen molar-refractivity contribution in [1.29, 1.82) is 0 Å².